The van der Waals surface area contributed by atoms with Crippen molar-refractivity contribution in [1.29, 1.82) is 0 Å². The molecule has 0 amide bonds. The molecule has 1 aliphatic rings. The molecule has 1 aromatic rings. The Morgan fingerprint density at radius 3 is 2.54 bits per heavy atom. The fourth-order valence-electron chi connectivity index (χ4n) is 2.47. The van der Waals surface area contributed by atoms with Crippen LogP contribution in [0.25, 0.3) is 6.08 Å². The van der Waals surface area contributed by atoms with Crippen molar-refractivity contribution in [2.45, 2.75) is 13.1 Å². The van der Waals surface area contributed by atoms with Crippen LogP contribution in [0.3, 0.4) is 0 Å². The molecule has 0 spiro atoms. The van der Waals surface area contributed by atoms with Crippen LogP contribution in [0.5, 0.6) is 0 Å². The van der Waals surface area contributed by atoms with Crippen molar-refractivity contribution in [3.8, 4) is 0 Å². The summed E-state index contributed by atoms with van der Waals surface area (Å²) < 4.78 is 39.2. The smallest absolute Gasteiger partial charge is 0.332 e. The maximum atomic E-state index is 13.1. The molecular weight excluding hydrogens is 333 g/mol. The van der Waals surface area contributed by atoms with Gasteiger partial charge in [-0.05, 0) is 42.4 Å². The van der Waals surface area contributed by atoms with Gasteiger partial charge >= 0.3 is 6.18 Å². The SMILES string of the molecule is C=CCN1C(=C)/C(=C/c2cccc(C(F)(F)F)c2C)C(=C)NC1=S. The molecule has 1 N–H and O–H groups in total. The van der Waals surface area contributed by atoms with Crippen LogP contribution in [0, 0.1) is 6.92 Å². The Bertz CT molecular complexity index is 760. The number of alkyl halides is 3. The van der Waals surface area contributed by atoms with Crippen LogP contribution in [-0.4, -0.2) is 16.6 Å². The standard InChI is InChI=1S/C18H17F3N2S/c1-5-9-23-13(4)15(12(3)22-17(23)24)10-14-7-6-8-16(11(14)2)18(19,20)21/h5-8,10H,1,3-4,9H2,2H3,(H,22,24)/b15-10+. The predicted molar refractivity (Wildman–Crippen MR) is 95.1 cm³/mol. The van der Waals surface area contributed by atoms with Gasteiger partial charge in [-0.2, -0.15) is 13.2 Å². The van der Waals surface area contributed by atoms with Gasteiger partial charge < -0.3 is 10.2 Å². The Hall–Kier alpha value is -2.34. The summed E-state index contributed by atoms with van der Waals surface area (Å²) in [5.41, 5.74) is 1.63. The second-order valence-corrected chi connectivity index (χ2v) is 5.72. The Kier molecular flexibility index (Phi) is 4.99. The summed E-state index contributed by atoms with van der Waals surface area (Å²) in [5, 5.41) is 3.38. The van der Waals surface area contributed by atoms with Crippen molar-refractivity contribution in [1.82, 2.24) is 10.2 Å². The molecule has 0 aliphatic carbocycles. The molecule has 1 heterocycles. The van der Waals surface area contributed by atoms with E-state index in [0.29, 0.717) is 34.2 Å². The summed E-state index contributed by atoms with van der Waals surface area (Å²) in [4.78, 5) is 1.71. The maximum Gasteiger partial charge on any atom is 0.416 e. The number of nitrogens with zero attached hydrogens (tertiary/aromatic N) is 1. The Labute approximate surface area is 144 Å². The summed E-state index contributed by atoms with van der Waals surface area (Å²) >= 11 is 5.23. The Morgan fingerprint density at radius 1 is 1.29 bits per heavy atom. The quantitative estimate of drug-likeness (QED) is 0.623. The number of halogens is 3. The van der Waals surface area contributed by atoms with E-state index in [1.54, 1.807) is 23.1 Å². The predicted octanol–water partition coefficient (Wildman–Crippen LogP) is 4.80. The molecule has 1 aliphatic heterocycles. The maximum absolute atomic E-state index is 13.1. The second-order valence-electron chi connectivity index (χ2n) is 5.33. The van der Waals surface area contributed by atoms with Crippen LogP contribution in [0.15, 0.2) is 61.0 Å². The van der Waals surface area contributed by atoms with E-state index in [1.165, 1.54) is 13.0 Å². The van der Waals surface area contributed by atoms with E-state index in [-0.39, 0.29) is 5.56 Å². The molecule has 1 saturated heterocycles. The first-order valence-corrected chi connectivity index (χ1v) is 7.54. The highest BCUT2D eigenvalue weighted by molar-refractivity contribution is 7.80. The molecule has 0 aromatic heterocycles. The molecule has 6 heteroatoms. The molecule has 1 aromatic carbocycles. The second kappa shape index (κ2) is 6.65. The molecule has 0 bridgehead atoms. The lowest BCUT2D eigenvalue weighted by Gasteiger charge is -2.34. The summed E-state index contributed by atoms with van der Waals surface area (Å²) in [6.07, 6.45) is -1.09. The highest BCUT2D eigenvalue weighted by atomic mass is 32.1. The topological polar surface area (TPSA) is 15.3 Å². The third-order valence-corrected chi connectivity index (χ3v) is 4.08. The van der Waals surface area contributed by atoms with E-state index >= 15 is 0 Å². The molecule has 2 rings (SSSR count). The number of benzene rings is 1. The number of hydrogen-bond acceptors (Lipinski definition) is 1. The fourth-order valence-corrected chi connectivity index (χ4v) is 2.78. The molecule has 126 valence electrons. The van der Waals surface area contributed by atoms with E-state index in [0.717, 1.165) is 6.07 Å². The molecule has 2 nitrogen and oxygen atoms in total. The minimum Gasteiger partial charge on any atom is -0.332 e. The first-order valence-electron chi connectivity index (χ1n) is 7.13. The Balaban J connectivity index is 2.50. The Morgan fingerprint density at radius 2 is 1.96 bits per heavy atom. The van der Waals surface area contributed by atoms with Gasteiger partial charge in [0, 0.05) is 23.5 Å². The zero-order valence-electron chi connectivity index (χ0n) is 13.2. The van der Waals surface area contributed by atoms with Crippen LogP contribution in [0.4, 0.5) is 13.2 Å². The average molecular weight is 350 g/mol. The van der Waals surface area contributed by atoms with Crippen molar-refractivity contribution >= 4 is 23.4 Å². The summed E-state index contributed by atoms with van der Waals surface area (Å²) in [6, 6.07) is 4.08. The first kappa shape index (κ1) is 18.0. The highest BCUT2D eigenvalue weighted by Crippen LogP contribution is 2.34. The van der Waals surface area contributed by atoms with Gasteiger partial charge in [0.2, 0.25) is 0 Å². The van der Waals surface area contributed by atoms with Crippen molar-refractivity contribution in [2.24, 2.45) is 0 Å². The van der Waals surface area contributed by atoms with Crippen molar-refractivity contribution in [2.75, 3.05) is 6.54 Å². The molecule has 1 fully saturated rings. The zero-order valence-corrected chi connectivity index (χ0v) is 14.0. The summed E-state index contributed by atoms with van der Waals surface area (Å²) in [6.45, 7) is 13.4. The van der Waals surface area contributed by atoms with Gasteiger partial charge in [-0.15, -0.1) is 6.58 Å². The van der Waals surface area contributed by atoms with Crippen molar-refractivity contribution < 1.29 is 13.2 Å². The van der Waals surface area contributed by atoms with Gasteiger partial charge in [-0.1, -0.05) is 31.4 Å². The van der Waals surface area contributed by atoms with Gasteiger partial charge in [0.05, 0.1) is 5.56 Å². The molecule has 24 heavy (non-hydrogen) atoms. The third kappa shape index (κ3) is 3.43. The number of thiocarbonyl (C=S) groups is 1. The van der Waals surface area contributed by atoms with E-state index < -0.39 is 11.7 Å². The van der Waals surface area contributed by atoms with Gasteiger partial charge in [0.25, 0.3) is 0 Å². The van der Waals surface area contributed by atoms with Crippen molar-refractivity contribution in [3.05, 3.63) is 77.7 Å². The largest absolute Gasteiger partial charge is 0.416 e. The van der Waals surface area contributed by atoms with E-state index in [1.807, 2.05) is 0 Å². The first-order chi connectivity index (χ1) is 11.2. The normalized spacial score (nSPS) is 17.2. The average Bonchev–Trinajstić information content (AvgIpc) is 2.48. The summed E-state index contributed by atoms with van der Waals surface area (Å²) in [5.74, 6) is 0. The van der Waals surface area contributed by atoms with Gasteiger partial charge in [-0.25, -0.2) is 0 Å². The third-order valence-electron chi connectivity index (χ3n) is 3.76. The molecule has 0 atom stereocenters. The molecular formula is C18H17F3N2S. The lowest BCUT2D eigenvalue weighted by Crippen LogP contribution is -2.44. The lowest BCUT2D eigenvalue weighted by molar-refractivity contribution is -0.138. The molecule has 0 radical (unpaired) electrons. The molecule has 0 saturated carbocycles. The van der Waals surface area contributed by atoms with Crippen molar-refractivity contribution in [3.63, 3.8) is 0 Å². The fraction of sp³-hybridized carbons (Fsp3) is 0.167. The van der Waals surface area contributed by atoms with Crippen LogP contribution >= 0.6 is 12.2 Å². The van der Waals surface area contributed by atoms with Gasteiger partial charge in [-0.3, -0.25) is 0 Å². The number of nitrogens with one attached hydrogen (secondary N) is 1. The van der Waals surface area contributed by atoms with E-state index in [2.05, 4.69) is 25.1 Å². The van der Waals surface area contributed by atoms with Crippen LogP contribution < -0.4 is 5.32 Å². The minimum absolute atomic E-state index is 0.154. The lowest BCUT2D eigenvalue weighted by atomic mass is 9.97. The van der Waals surface area contributed by atoms with Crippen LogP contribution in [0.2, 0.25) is 0 Å². The zero-order chi connectivity index (χ0) is 18.1. The van der Waals surface area contributed by atoms with Crippen LogP contribution in [-0.2, 0) is 6.18 Å². The number of hydrogen-bond donors (Lipinski definition) is 1. The van der Waals surface area contributed by atoms with E-state index in [4.69, 9.17) is 12.2 Å². The summed E-state index contributed by atoms with van der Waals surface area (Å²) in [7, 11) is 0. The number of rotatable bonds is 3. The van der Waals surface area contributed by atoms with Crippen LogP contribution in [0.1, 0.15) is 16.7 Å². The minimum atomic E-state index is -4.39. The molecule has 0 unspecified atom stereocenters. The monoisotopic (exact) mass is 350 g/mol. The van der Waals surface area contributed by atoms with E-state index in [9.17, 15) is 13.2 Å². The highest BCUT2D eigenvalue weighted by Gasteiger charge is 2.33. The van der Waals surface area contributed by atoms with Gasteiger partial charge in [0.1, 0.15) is 0 Å². The van der Waals surface area contributed by atoms with Gasteiger partial charge in [0.15, 0.2) is 5.11 Å².